The first kappa shape index (κ1) is 9.95. The fraction of sp³-hybridized carbons (Fsp3) is 0.667. The van der Waals surface area contributed by atoms with Gasteiger partial charge in [-0.15, -0.1) is 0 Å². The quantitative estimate of drug-likeness (QED) is 0.631. The number of imide groups is 1. The highest BCUT2D eigenvalue weighted by atomic mass is 16.4. The Balaban J connectivity index is 2.12. The SMILES string of the molecule is O=C(O)CC(C1CC1)N1C(=O)CNC1=O. The molecule has 3 amide bonds. The summed E-state index contributed by atoms with van der Waals surface area (Å²) in [6, 6.07) is -0.921. The molecule has 1 heterocycles. The average Bonchev–Trinajstić information content (AvgIpc) is 2.91. The number of amides is 3. The summed E-state index contributed by atoms with van der Waals surface area (Å²) in [5, 5.41) is 11.1. The molecule has 1 unspecified atom stereocenters. The minimum Gasteiger partial charge on any atom is -0.481 e. The number of rotatable bonds is 4. The molecule has 2 rings (SSSR count). The lowest BCUT2D eigenvalue weighted by atomic mass is 10.1. The lowest BCUT2D eigenvalue weighted by Crippen LogP contribution is -2.43. The van der Waals surface area contributed by atoms with Crippen LogP contribution < -0.4 is 5.32 Å². The Morgan fingerprint density at radius 2 is 2.20 bits per heavy atom. The Kier molecular flexibility index (Phi) is 2.34. The number of urea groups is 1. The molecule has 1 saturated heterocycles. The molecule has 0 aromatic rings. The number of carboxylic acid groups (broad SMARTS) is 1. The number of carboxylic acids is 1. The van der Waals surface area contributed by atoms with Gasteiger partial charge in [-0.25, -0.2) is 4.79 Å². The van der Waals surface area contributed by atoms with Crippen LogP contribution in [0.25, 0.3) is 0 Å². The Hall–Kier alpha value is -1.59. The number of hydrogen-bond donors (Lipinski definition) is 2. The number of carbonyl (C=O) groups is 3. The maximum atomic E-state index is 11.4. The molecule has 0 aromatic heterocycles. The number of hydrogen-bond acceptors (Lipinski definition) is 3. The number of aliphatic carboxylic acids is 1. The normalized spacial score (nSPS) is 22.8. The number of nitrogens with one attached hydrogen (secondary N) is 1. The van der Waals surface area contributed by atoms with E-state index in [0.717, 1.165) is 17.7 Å². The molecule has 1 saturated carbocycles. The molecule has 2 fully saturated rings. The van der Waals surface area contributed by atoms with Crippen molar-refractivity contribution in [2.45, 2.75) is 25.3 Å². The zero-order valence-corrected chi connectivity index (χ0v) is 8.10. The van der Waals surface area contributed by atoms with Gasteiger partial charge in [-0.05, 0) is 18.8 Å². The van der Waals surface area contributed by atoms with Gasteiger partial charge in [0.15, 0.2) is 0 Å². The molecular formula is C9H12N2O4. The van der Waals surface area contributed by atoms with Crippen LogP contribution in [0.3, 0.4) is 0 Å². The standard InChI is InChI=1S/C9H12N2O4/c12-7-4-10-9(15)11(7)6(3-8(13)14)5-1-2-5/h5-6H,1-4H2,(H,10,15)(H,13,14). The van der Waals surface area contributed by atoms with Crippen molar-refractivity contribution in [2.24, 2.45) is 5.92 Å². The topological polar surface area (TPSA) is 86.7 Å². The maximum Gasteiger partial charge on any atom is 0.324 e. The predicted octanol–water partition coefficient (Wildman–Crippen LogP) is -0.209. The molecule has 0 bridgehead atoms. The molecular weight excluding hydrogens is 200 g/mol. The fourth-order valence-electron chi connectivity index (χ4n) is 1.90. The predicted molar refractivity (Wildman–Crippen MR) is 49.0 cm³/mol. The minimum atomic E-state index is -0.973. The van der Waals surface area contributed by atoms with E-state index >= 15 is 0 Å². The molecule has 0 spiro atoms. The highest BCUT2D eigenvalue weighted by Gasteiger charge is 2.43. The Labute approximate surface area is 86.2 Å². The van der Waals surface area contributed by atoms with E-state index in [1.54, 1.807) is 0 Å². The largest absolute Gasteiger partial charge is 0.481 e. The van der Waals surface area contributed by atoms with Crippen molar-refractivity contribution in [2.75, 3.05) is 6.54 Å². The van der Waals surface area contributed by atoms with Crippen LogP contribution in [0, 0.1) is 5.92 Å². The van der Waals surface area contributed by atoms with Crippen molar-refractivity contribution in [3.05, 3.63) is 0 Å². The van der Waals surface area contributed by atoms with Crippen LogP contribution in [0.15, 0.2) is 0 Å². The highest BCUT2D eigenvalue weighted by molar-refractivity contribution is 6.02. The van der Waals surface area contributed by atoms with Crippen molar-refractivity contribution in [1.29, 1.82) is 0 Å². The Morgan fingerprint density at radius 1 is 1.53 bits per heavy atom. The average molecular weight is 212 g/mol. The van der Waals surface area contributed by atoms with Gasteiger partial charge in [0.05, 0.1) is 19.0 Å². The van der Waals surface area contributed by atoms with E-state index in [0.29, 0.717) is 0 Å². The lowest BCUT2D eigenvalue weighted by Gasteiger charge is -2.23. The van der Waals surface area contributed by atoms with Crippen molar-refractivity contribution >= 4 is 17.9 Å². The summed E-state index contributed by atoms with van der Waals surface area (Å²) in [6.07, 6.45) is 1.65. The van der Waals surface area contributed by atoms with Crippen LogP contribution in [-0.2, 0) is 9.59 Å². The summed E-state index contributed by atoms with van der Waals surface area (Å²) in [6.45, 7) is -0.0122. The maximum absolute atomic E-state index is 11.4. The second-order valence-corrected chi connectivity index (χ2v) is 3.93. The van der Waals surface area contributed by atoms with Crippen LogP contribution >= 0.6 is 0 Å². The number of nitrogens with zero attached hydrogens (tertiary/aromatic N) is 1. The van der Waals surface area contributed by atoms with Gasteiger partial charge >= 0.3 is 12.0 Å². The minimum absolute atomic E-state index is 0.0122. The van der Waals surface area contributed by atoms with Crippen LogP contribution in [0.4, 0.5) is 4.79 Å². The summed E-state index contributed by atoms with van der Waals surface area (Å²) >= 11 is 0. The van der Waals surface area contributed by atoms with E-state index in [1.807, 2.05) is 0 Å². The molecule has 0 radical (unpaired) electrons. The van der Waals surface area contributed by atoms with Gasteiger partial charge in [-0.3, -0.25) is 14.5 Å². The van der Waals surface area contributed by atoms with Crippen LogP contribution in [0.1, 0.15) is 19.3 Å². The summed E-state index contributed by atoms with van der Waals surface area (Å²) < 4.78 is 0. The third-order valence-electron chi connectivity index (χ3n) is 2.76. The van der Waals surface area contributed by atoms with E-state index in [-0.39, 0.29) is 24.8 Å². The molecule has 2 N–H and O–H groups in total. The Bertz CT molecular complexity index is 308. The van der Waals surface area contributed by atoms with Gasteiger partial charge in [0, 0.05) is 0 Å². The zero-order valence-electron chi connectivity index (χ0n) is 8.10. The van der Waals surface area contributed by atoms with E-state index < -0.39 is 18.0 Å². The first-order valence-corrected chi connectivity index (χ1v) is 4.91. The van der Waals surface area contributed by atoms with E-state index in [9.17, 15) is 14.4 Å². The monoisotopic (exact) mass is 212 g/mol. The molecule has 1 atom stereocenters. The van der Waals surface area contributed by atoms with Gasteiger partial charge in [0.1, 0.15) is 0 Å². The van der Waals surface area contributed by atoms with Crippen LogP contribution in [0.5, 0.6) is 0 Å². The molecule has 82 valence electrons. The van der Waals surface area contributed by atoms with E-state index in [4.69, 9.17) is 5.11 Å². The van der Waals surface area contributed by atoms with Gasteiger partial charge in [-0.1, -0.05) is 0 Å². The Morgan fingerprint density at radius 3 is 2.60 bits per heavy atom. The van der Waals surface area contributed by atoms with Gasteiger partial charge in [-0.2, -0.15) is 0 Å². The van der Waals surface area contributed by atoms with E-state index in [1.165, 1.54) is 0 Å². The molecule has 15 heavy (non-hydrogen) atoms. The molecule has 1 aliphatic carbocycles. The summed E-state index contributed by atoms with van der Waals surface area (Å²) in [5.41, 5.74) is 0. The van der Waals surface area contributed by atoms with Crippen LogP contribution in [-0.4, -0.2) is 40.5 Å². The third-order valence-corrected chi connectivity index (χ3v) is 2.76. The highest BCUT2D eigenvalue weighted by Crippen LogP contribution is 2.37. The molecule has 2 aliphatic rings. The van der Waals surface area contributed by atoms with Crippen LogP contribution in [0.2, 0.25) is 0 Å². The second kappa shape index (κ2) is 3.52. The summed E-state index contributed by atoms with van der Waals surface area (Å²) in [5.74, 6) is -1.12. The van der Waals surface area contributed by atoms with Crippen molar-refractivity contribution < 1.29 is 19.5 Å². The molecule has 6 nitrogen and oxygen atoms in total. The second-order valence-electron chi connectivity index (χ2n) is 3.93. The molecule has 0 aromatic carbocycles. The number of carbonyl (C=O) groups excluding carboxylic acids is 2. The first-order valence-electron chi connectivity index (χ1n) is 4.91. The van der Waals surface area contributed by atoms with Crippen molar-refractivity contribution in [3.63, 3.8) is 0 Å². The first-order chi connectivity index (χ1) is 7.09. The third kappa shape index (κ3) is 1.93. The molecule has 1 aliphatic heterocycles. The van der Waals surface area contributed by atoms with E-state index in [2.05, 4.69) is 5.32 Å². The van der Waals surface area contributed by atoms with Gasteiger partial charge < -0.3 is 10.4 Å². The lowest BCUT2D eigenvalue weighted by molar-refractivity contribution is -0.139. The van der Waals surface area contributed by atoms with Gasteiger partial charge in [0.25, 0.3) is 0 Å². The zero-order chi connectivity index (χ0) is 11.0. The summed E-state index contributed by atoms with van der Waals surface area (Å²) in [4.78, 5) is 34.4. The van der Waals surface area contributed by atoms with Gasteiger partial charge in [0.2, 0.25) is 5.91 Å². The summed E-state index contributed by atoms with van der Waals surface area (Å²) in [7, 11) is 0. The van der Waals surface area contributed by atoms with Crippen molar-refractivity contribution in [3.8, 4) is 0 Å². The molecule has 6 heteroatoms. The smallest absolute Gasteiger partial charge is 0.324 e. The van der Waals surface area contributed by atoms with Crippen molar-refractivity contribution in [1.82, 2.24) is 10.2 Å². The fourth-order valence-corrected chi connectivity index (χ4v) is 1.90.